The van der Waals surface area contributed by atoms with Gasteiger partial charge in [-0.1, -0.05) is 0 Å². The van der Waals surface area contributed by atoms with E-state index in [1.165, 1.54) is 12.4 Å². The SMILES string of the molecule is CCn1cnc2ccnc(Nc3ccncc3F)c21. The fraction of sp³-hybridized carbons (Fsp3) is 0.154. The van der Waals surface area contributed by atoms with Crippen molar-refractivity contribution in [2.24, 2.45) is 0 Å². The summed E-state index contributed by atoms with van der Waals surface area (Å²) in [6.07, 6.45) is 6.10. The van der Waals surface area contributed by atoms with E-state index in [0.29, 0.717) is 11.5 Å². The highest BCUT2D eigenvalue weighted by molar-refractivity contribution is 5.88. The van der Waals surface area contributed by atoms with Crippen LogP contribution in [-0.2, 0) is 6.54 Å². The molecule has 1 N–H and O–H groups in total. The smallest absolute Gasteiger partial charge is 0.164 e. The summed E-state index contributed by atoms with van der Waals surface area (Å²) in [7, 11) is 0. The number of nitrogens with one attached hydrogen (secondary N) is 1. The number of fused-ring (bicyclic) bond motifs is 1. The molecule has 0 aliphatic rings. The van der Waals surface area contributed by atoms with Crippen molar-refractivity contribution in [1.82, 2.24) is 19.5 Å². The molecule has 0 saturated carbocycles. The minimum atomic E-state index is -0.413. The van der Waals surface area contributed by atoms with Crippen LogP contribution in [0.1, 0.15) is 6.92 Å². The van der Waals surface area contributed by atoms with Crippen molar-refractivity contribution in [3.8, 4) is 0 Å². The molecular formula is C13H12FN5. The maximum Gasteiger partial charge on any atom is 0.164 e. The molecule has 3 aromatic heterocycles. The Morgan fingerprint density at radius 2 is 2.16 bits per heavy atom. The molecule has 3 heterocycles. The molecule has 0 bridgehead atoms. The van der Waals surface area contributed by atoms with Crippen molar-refractivity contribution in [2.75, 3.05) is 5.32 Å². The van der Waals surface area contributed by atoms with E-state index in [9.17, 15) is 4.39 Å². The molecule has 0 aromatic carbocycles. The van der Waals surface area contributed by atoms with Crippen LogP contribution in [0.25, 0.3) is 11.0 Å². The highest BCUT2D eigenvalue weighted by atomic mass is 19.1. The molecule has 3 rings (SSSR count). The van der Waals surface area contributed by atoms with E-state index in [0.717, 1.165) is 17.6 Å². The van der Waals surface area contributed by atoms with Crippen LogP contribution >= 0.6 is 0 Å². The maximum absolute atomic E-state index is 13.6. The first-order valence-electron chi connectivity index (χ1n) is 5.96. The minimum Gasteiger partial charge on any atom is -0.336 e. The largest absolute Gasteiger partial charge is 0.336 e. The summed E-state index contributed by atoms with van der Waals surface area (Å²) in [4.78, 5) is 12.3. The van der Waals surface area contributed by atoms with Gasteiger partial charge in [-0.05, 0) is 19.1 Å². The Labute approximate surface area is 109 Å². The van der Waals surface area contributed by atoms with E-state index in [1.807, 2.05) is 17.6 Å². The van der Waals surface area contributed by atoms with E-state index < -0.39 is 5.82 Å². The van der Waals surface area contributed by atoms with Crippen LogP contribution in [0.5, 0.6) is 0 Å². The first kappa shape index (κ1) is 11.6. The summed E-state index contributed by atoms with van der Waals surface area (Å²) in [5.41, 5.74) is 2.04. The monoisotopic (exact) mass is 257 g/mol. The lowest BCUT2D eigenvalue weighted by molar-refractivity contribution is 0.625. The first-order valence-corrected chi connectivity index (χ1v) is 5.96. The molecule has 19 heavy (non-hydrogen) atoms. The number of rotatable bonds is 3. The van der Waals surface area contributed by atoms with Crippen LogP contribution in [0, 0.1) is 5.82 Å². The topological polar surface area (TPSA) is 55.6 Å². The van der Waals surface area contributed by atoms with Crippen LogP contribution in [0.3, 0.4) is 0 Å². The fourth-order valence-corrected chi connectivity index (χ4v) is 1.96. The van der Waals surface area contributed by atoms with Crippen molar-refractivity contribution >= 4 is 22.5 Å². The minimum absolute atomic E-state index is 0.346. The molecule has 96 valence electrons. The van der Waals surface area contributed by atoms with E-state index in [-0.39, 0.29) is 0 Å². The molecule has 0 aliphatic carbocycles. The average molecular weight is 257 g/mol. The molecule has 3 aromatic rings. The third-order valence-electron chi connectivity index (χ3n) is 2.89. The molecule has 0 radical (unpaired) electrons. The zero-order valence-corrected chi connectivity index (χ0v) is 10.3. The van der Waals surface area contributed by atoms with Gasteiger partial charge in [0.1, 0.15) is 5.52 Å². The van der Waals surface area contributed by atoms with Gasteiger partial charge in [-0.25, -0.2) is 14.4 Å². The highest BCUT2D eigenvalue weighted by Gasteiger charge is 2.10. The lowest BCUT2D eigenvalue weighted by atomic mass is 10.3. The molecule has 0 atom stereocenters. The lowest BCUT2D eigenvalue weighted by Crippen LogP contribution is -2.00. The normalized spacial score (nSPS) is 10.8. The second kappa shape index (κ2) is 4.64. The molecular weight excluding hydrogens is 245 g/mol. The third-order valence-corrected chi connectivity index (χ3v) is 2.89. The van der Waals surface area contributed by atoms with Gasteiger partial charge in [-0.15, -0.1) is 0 Å². The van der Waals surface area contributed by atoms with Crippen LogP contribution in [0.4, 0.5) is 15.9 Å². The second-order valence-electron chi connectivity index (χ2n) is 4.04. The lowest BCUT2D eigenvalue weighted by Gasteiger charge is -2.09. The molecule has 0 unspecified atom stereocenters. The Morgan fingerprint density at radius 3 is 2.95 bits per heavy atom. The predicted molar refractivity (Wildman–Crippen MR) is 70.7 cm³/mol. The molecule has 0 amide bonds. The predicted octanol–water partition coefficient (Wildman–Crippen LogP) is 2.73. The number of nitrogens with zero attached hydrogens (tertiary/aromatic N) is 4. The maximum atomic E-state index is 13.6. The van der Waals surface area contributed by atoms with E-state index in [2.05, 4.69) is 20.3 Å². The summed E-state index contributed by atoms with van der Waals surface area (Å²) < 4.78 is 15.6. The summed E-state index contributed by atoms with van der Waals surface area (Å²) in [5, 5.41) is 2.99. The number of hydrogen-bond acceptors (Lipinski definition) is 4. The van der Waals surface area contributed by atoms with Gasteiger partial charge in [0.25, 0.3) is 0 Å². The van der Waals surface area contributed by atoms with Crippen LogP contribution in [0.2, 0.25) is 0 Å². The Balaban J connectivity index is 2.10. The number of aromatic nitrogens is 4. The van der Waals surface area contributed by atoms with Crippen molar-refractivity contribution in [2.45, 2.75) is 13.5 Å². The Bertz CT molecular complexity index is 722. The number of aryl methyl sites for hydroxylation is 1. The summed E-state index contributed by atoms with van der Waals surface area (Å²) in [6, 6.07) is 3.40. The highest BCUT2D eigenvalue weighted by Crippen LogP contribution is 2.24. The van der Waals surface area contributed by atoms with Gasteiger partial charge in [0.05, 0.1) is 23.7 Å². The number of anilines is 2. The van der Waals surface area contributed by atoms with Crippen LogP contribution in [0.15, 0.2) is 37.1 Å². The Kier molecular flexibility index (Phi) is 2.83. The molecule has 5 nitrogen and oxygen atoms in total. The van der Waals surface area contributed by atoms with Crippen molar-refractivity contribution in [1.29, 1.82) is 0 Å². The zero-order chi connectivity index (χ0) is 13.2. The second-order valence-corrected chi connectivity index (χ2v) is 4.04. The Hall–Kier alpha value is -2.50. The summed E-state index contributed by atoms with van der Waals surface area (Å²) in [5.74, 6) is 0.172. The molecule has 0 saturated heterocycles. The van der Waals surface area contributed by atoms with Crippen LogP contribution in [-0.4, -0.2) is 19.5 Å². The number of halogens is 1. The molecule has 6 heteroatoms. The first-order chi connectivity index (χ1) is 9.29. The van der Waals surface area contributed by atoms with Gasteiger partial charge < -0.3 is 9.88 Å². The van der Waals surface area contributed by atoms with Crippen molar-refractivity contribution < 1.29 is 4.39 Å². The third kappa shape index (κ3) is 2.01. The van der Waals surface area contributed by atoms with Gasteiger partial charge in [0.2, 0.25) is 0 Å². The average Bonchev–Trinajstić information content (AvgIpc) is 2.85. The van der Waals surface area contributed by atoms with E-state index >= 15 is 0 Å². The summed E-state index contributed by atoms with van der Waals surface area (Å²) in [6.45, 7) is 2.79. The zero-order valence-electron chi connectivity index (χ0n) is 10.3. The van der Waals surface area contributed by atoms with Gasteiger partial charge in [0.15, 0.2) is 11.6 Å². The van der Waals surface area contributed by atoms with Gasteiger partial charge in [-0.2, -0.15) is 0 Å². The number of imidazole rings is 1. The standard InChI is InChI=1S/C13H12FN5/c1-2-19-8-17-11-4-6-16-13(12(11)19)18-10-3-5-15-7-9(10)14/h3-8H,2H2,1H3,(H,15,16,18). The van der Waals surface area contributed by atoms with Crippen molar-refractivity contribution in [3.63, 3.8) is 0 Å². The van der Waals surface area contributed by atoms with E-state index in [1.54, 1.807) is 18.6 Å². The van der Waals surface area contributed by atoms with Crippen LogP contribution < -0.4 is 5.32 Å². The van der Waals surface area contributed by atoms with Crippen molar-refractivity contribution in [3.05, 3.63) is 42.9 Å². The van der Waals surface area contributed by atoms with E-state index in [4.69, 9.17) is 0 Å². The number of hydrogen-bond donors (Lipinski definition) is 1. The fourth-order valence-electron chi connectivity index (χ4n) is 1.96. The summed E-state index contributed by atoms with van der Waals surface area (Å²) >= 11 is 0. The molecule has 0 fully saturated rings. The number of pyridine rings is 2. The molecule has 0 aliphatic heterocycles. The van der Waals surface area contributed by atoms with Gasteiger partial charge in [0, 0.05) is 18.9 Å². The van der Waals surface area contributed by atoms with Gasteiger partial charge in [-0.3, -0.25) is 4.98 Å². The van der Waals surface area contributed by atoms with Gasteiger partial charge >= 0.3 is 0 Å². The quantitative estimate of drug-likeness (QED) is 0.783. The Morgan fingerprint density at radius 1 is 1.26 bits per heavy atom. The molecule has 0 spiro atoms.